The number of hydrogen-bond donors (Lipinski definition) is 0. The van der Waals surface area contributed by atoms with E-state index in [9.17, 15) is 4.79 Å². The highest BCUT2D eigenvalue weighted by molar-refractivity contribution is 8.00. The second kappa shape index (κ2) is 5.93. The average Bonchev–Trinajstić information content (AvgIpc) is 3.25. The van der Waals surface area contributed by atoms with E-state index in [2.05, 4.69) is 30.7 Å². The van der Waals surface area contributed by atoms with E-state index in [1.54, 1.807) is 17.7 Å². The number of carbonyl (C=O) groups excluding carboxylic acids is 1. The third-order valence-corrected chi connectivity index (χ3v) is 6.00. The normalized spacial score (nSPS) is 14.6. The molecule has 3 rings (SSSR count). The van der Waals surface area contributed by atoms with Gasteiger partial charge in [-0.2, -0.15) is 0 Å². The number of amides is 1. The molecule has 0 aliphatic heterocycles. The SMILES string of the molecule is CCN(C(=O)CSc1ncnc2sc(C)c(C)c12)C1CC1. The van der Waals surface area contributed by atoms with Gasteiger partial charge in [-0.05, 0) is 39.2 Å². The number of thiophene rings is 1. The number of aromatic nitrogens is 2. The minimum absolute atomic E-state index is 0.223. The molecule has 112 valence electrons. The summed E-state index contributed by atoms with van der Waals surface area (Å²) in [5.74, 6) is 0.687. The maximum atomic E-state index is 12.3. The second-order valence-electron chi connectivity index (χ2n) is 5.34. The van der Waals surface area contributed by atoms with Gasteiger partial charge in [-0.1, -0.05) is 11.8 Å². The Labute approximate surface area is 133 Å². The lowest BCUT2D eigenvalue weighted by Gasteiger charge is -2.19. The van der Waals surface area contributed by atoms with Crippen molar-refractivity contribution in [3.8, 4) is 0 Å². The molecule has 6 heteroatoms. The Morgan fingerprint density at radius 1 is 1.43 bits per heavy atom. The standard InChI is InChI=1S/C15H19N3OS2/c1-4-18(11-5-6-11)12(19)7-20-14-13-9(2)10(3)21-15(13)17-8-16-14/h8,11H,4-7H2,1-3H3. The zero-order valence-electron chi connectivity index (χ0n) is 12.5. The maximum Gasteiger partial charge on any atom is 0.233 e. The molecule has 0 radical (unpaired) electrons. The fourth-order valence-electron chi connectivity index (χ4n) is 2.50. The van der Waals surface area contributed by atoms with E-state index in [0.717, 1.165) is 34.6 Å². The van der Waals surface area contributed by atoms with Gasteiger partial charge in [-0.15, -0.1) is 11.3 Å². The minimum Gasteiger partial charge on any atom is -0.339 e. The molecule has 4 nitrogen and oxygen atoms in total. The smallest absolute Gasteiger partial charge is 0.233 e. The van der Waals surface area contributed by atoms with Gasteiger partial charge in [0.2, 0.25) is 5.91 Å². The molecular formula is C15H19N3OS2. The molecule has 1 fully saturated rings. The average molecular weight is 321 g/mol. The Kier molecular flexibility index (Phi) is 4.17. The molecule has 1 saturated carbocycles. The predicted molar refractivity (Wildman–Crippen MR) is 88.0 cm³/mol. The van der Waals surface area contributed by atoms with Crippen LogP contribution >= 0.6 is 23.1 Å². The van der Waals surface area contributed by atoms with Crippen molar-refractivity contribution in [2.24, 2.45) is 0 Å². The largest absolute Gasteiger partial charge is 0.339 e. The van der Waals surface area contributed by atoms with E-state index in [-0.39, 0.29) is 5.91 Å². The molecule has 2 aromatic heterocycles. The summed E-state index contributed by atoms with van der Waals surface area (Å²) in [4.78, 5) is 25.3. The van der Waals surface area contributed by atoms with Gasteiger partial charge in [-0.25, -0.2) is 9.97 Å². The molecule has 1 aliphatic carbocycles. The van der Waals surface area contributed by atoms with Crippen molar-refractivity contribution in [3.63, 3.8) is 0 Å². The zero-order valence-corrected chi connectivity index (χ0v) is 14.2. The summed E-state index contributed by atoms with van der Waals surface area (Å²) in [6.07, 6.45) is 3.92. The van der Waals surface area contributed by atoms with Gasteiger partial charge < -0.3 is 4.90 Å². The van der Waals surface area contributed by atoms with Gasteiger partial charge in [0.1, 0.15) is 16.2 Å². The Hall–Kier alpha value is -1.14. The second-order valence-corrected chi connectivity index (χ2v) is 7.51. The third kappa shape index (κ3) is 2.92. The number of fused-ring (bicyclic) bond motifs is 1. The molecule has 0 N–H and O–H groups in total. The Morgan fingerprint density at radius 3 is 2.86 bits per heavy atom. The van der Waals surface area contributed by atoms with Crippen LogP contribution in [0.3, 0.4) is 0 Å². The molecule has 0 spiro atoms. The molecule has 1 amide bonds. The lowest BCUT2D eigenvalue weighted by molar-refractivity contribution is -0.128. The summed E-state index contributed by atoms with van der Waals surface area (Å²) in [6.45, 7) is 7.06. The fourth-order valence-corrected chi connectivity index (χ4v) is 4.50. The minimum atomic E-state index is 0.223. The lowest BCUT2D eigenvalue weighted by atomic mass is 10.2. The van der Waals surface area contributed by atoms with Crippen LogP contribution in [0.4, 0.5) is 0 Å². The molecular weight excluding hydrogens is 302 g/mol. The van der Waals surface area contributed by atoms with Crippen LogP contribution in [-0.4, -0.2) is 39.1 Å². The highest BCUT2D eigenvalue weighted by Gasteiger charge is 2.31. The van der Waals surface area contributed by atoms with Crippen molar-refractivity contribution in [2.45, 2.75) is 44.7 Å². The van der Waals surface area contributed by atoms with Crippen molar-refractivity contribution in [1.82, 2.24) is 14.9 Å². The number of carbonyl (C=O) groups is 1. The monoisotopic (exact) mass is 321 g/mol. The summed E-state index contributed by atoms with van der Waals surface area (Å²) in [5.41, 5.74) is 1.24. The van der Waals surface area contributed by atoms with E-state index < -0.39 is 0 Å². The van der Waals surface area contributed by atoms with Gasteiger partial charge in [-0.3, -0.25) is 4.79 Å². The van der Waals surface area contributed by atoms with Crippen LogP contribution in [0, 0.1) is 13.8 Å². The van der Waals surface area contributed by atoms with Crippen LogP contribution in [0.2, 0.25) is 0 Å². The van der Waals surface area contributed by atoms with E-state index >= 15 is 0 Å². The van der Waals surface area contributed by atoms with Crippen LogP contribution in [0.1, 0.15) is 30.2 Å². The summed E-state index contributed by atoms with van der Waals surface area (Å²) in [5, 5.41) is 2.05. The van der Waals surface area contributed by atoms with Crippen molar-refractivity contribution in [2.75, 3.05) is 12.3 Å². The summed E-state index contributed by atoms with van der Waals surface area (Å²) >= 11 is 3.23. The number of thioether (sulfide) groups is 1. The summed E-state index contributed by atoms with van der Waals surface area (Å²) < 4.78 is 0. The Bertz CT molecular complexity index is 679. The van der Waals surface area contributed by atoms with Crippen LogP contribution in [-0.2, 0) is 4.79 Å². The van der Waals surface area contributed by atoms with Crippen LogP contribution in [0.5, 0.6) is 0 Å². The quantitative estimate of drug-likeness (QED) is 0.625. The van der Waals surface area contributed by atoms with E-state index in [1.807, 2.05) is 4.90 Å². The molecule has 2 aromatic rings. The lowest BCUT2D eigenvalue weighted by Crippen LogP contribution is -2.34. The first-order valence-corrected chi connectivity index (χ1v) is 9.05. The van der Waals surface area contributed by atoms with Gasteiger partial charge in [0, 0.05) is 22.8 Å². The van der Waals surface area contributed by atoms with Crippen LogP contribution in [0.15, 0.2) is 11.4 Å². The van der Waals surface area contributed by atoms with Crippen molar-refractivity contribution < 1.29 is 4.79 Å². The van der Waals surface area contributed by atoms with Gasteiger partial charge >= 0.3 is 0 Å². The highest BCUT2D eigenvalue weighted by Crippen LogP contribution is 2.35. The molecule has 0 atom stereocenters. The van der Waals surface area contributed by atoms with Crippen LogP contribution in [0.25, 0.3) is 10.2 Å². The number of rotatable bonds is 5. The first-order chi connectivity index (χ1) is 10.1. The molecule has 0 aromatic carbocycles. The molecule has 0 saturated heterocycles. The fraction of sp³-hybridized carbons (Fsp3) is 0.533. The number of aryl methyl sites for hydroxylation is 2. The molecule has 21 heavy (non-hydrogen) atoms. The summed E-state index contributed by atoms with van der Waals surface area (Å²) in [6, 6.07) is 0.485. The van der Waals surface area contributed by atoms with Gasteiger partial charge in [0.05, 0.1) is 5.75 Å². The molecule has 0 bridgehead atoms. The molecule has 0 unspecified atom stereocenters. The molecule has 1 aliphatic rings. The predicted octanol–water partition coefficient (Wildman–Crippen LogP) is 3.41. The van der Waals surface area contributed by atoms with E-state index in [0.29, 0.717) is 11.8 Å². The van der Waals surface area contributed by atoms with Crippen molar-refractivity contribution >= 4 is 39.2 Å². The number of hydrogen-bond acceptors (Lipinski definition) is 5. The number of nitrogens with zero attached hydrogens (tertiary/aromatic N) is 3. The van der Waals surface area contributed by atoms with Gasteiger partial charge in [0.15, 0.2) is 0 Å². The first-order valence-electron chi connectivity index (χ1n) is 7.24. The summed E-state index contributed by atoms with van der Waals surface area (Å²) in [7, 11) is 0. The van der Waals surface area contributed by atoms with Crippen molar-refractivity contribution in [1.29, 1.82) is 0 Å². The zero-order chi connectivity index (χ0) is 15.0. The maximum absolute atomic E-state index is 12.3. The van der Waals surface area contributed by atoms with E-state index in [4.69, 9.17) is 0 Å². The third-order valence-electron chi connectivity index (χ3n) is 3.91. The first kappa shape index (κ1) is 14.8. The Balaban J connectivity index is 1.77. The topological polar surface area (TPSA) is 46.1 Å². The Morgan fingerprint density at radius 2 is 2.19 bits per heavy atom. The van der Waals surface area contributed by atoms with E-state index in [1.165, 1.54) is 22.2 Å². The van der Waals surface area contributed by atoms with Crippen LogP contribution < -0.4 is 0 Å². The molecule has 2 heterocycles. The highest BCUT2D eigenvalue weighted by atomic mass is 32.2. The van der Waals surface area contributed by atoms with Crippen molar-refractivity contribution in [3.05, 3.63) is 16.8 Å². The van der Waals surface area contributed by atoms with Gasteiger partial charge in [0.25, 0.3) is 0 Å².